The minimum Gasteiger partial charge on any atom is -0.744 e. The van der Waals surface area contributed by atoms with Gasteiger partial charge in [0, 0.05) is 45.3 Å². The van der Waals surface area contributed by atoms with Crippen LogP contribution in [0.3, 0.4) is 0 Å². The maximum Gasteiger partial charge on any atom is 1.00 e. The number of benzene rings is 6. The molecule has 0 heterocycles. The minimum absolute atomic E-state index is 0. The van der Waals surface area contributed by atoms with Gasteiger partial charge in [0.15, 0.2) is 0 Å². The van der Waals surface area contributed by atoms with Crippen molar-refractivity contribution in [1.82, 2.24) is 0 Å². The largest absolute Gasteiger partial charge is 1.00 e. The molecule has 6 aromatic rings. The van der Waals surface area contributed by atoms with Gasteiger partial charge in [0.1, 0.15) is 30.9 Å². The Morgan fingerprint density at radius 3 is 1.49 bits per heavy atom. The third kappa shape index (κ3) is 12.4. The number of nitrogens with one attached hydrogen (secondary N) is 3. The molecule has 6 rings (SSSR count). The first-order valence-corrected chi connectivity index (χ1v) is 26.6. The van der Waals surface area contributed by atoms with Crippen LogP contribution in [0.5, 0.6) is 5.75 Å². The van der Waals surface area contributed by atoms with E-state index in [2.05, 4.69) is 62.7 Å². The normalized spacial score (nSPS) is 12.2. The summed E-state index contributed by atoms with van der Waals surface area (Å²) in [5.41, 5.74) is 11.1. The molecule has 0 saturated heterocycles. The van der Waals surface area contributed by atoms with Crippen molar-refractivity contribution in [3.63, 3.8) is 0 Å². The van der Waals surface area contributed by atoms with Gasteiger partial charge >= 0.3 is 29.6 Å². The second kappa shape index (κ2) is 21.4. The van der Waals surface area contributed by atoms with Gasteiger partial charge in [-0.3, -0.25) is 4.79 Å². The molecule has 0 aliphatic rings. The summed E-state index contributed by atoms with van der Waals surface area (Å²) in [5, 5.41) is 21.3. The number of amides is 1. The molecule has 0 aliphatic carbocycles. The van der Waals surface area contributed by atoms with Crippen LogP contribution in [0, 0.1) is 47.5 Å². The van der Waals surface area contributed by atoms with Gasteiger partial charge < -0.3 is 30.2 Å². The van der Waals surface area contributed by atoms with E-state index in [1.807, 2.05) is 98.7 Å². The van der Waals surface area contributed by atoms with Crippen molar-refractivity contribution in [1.29, 1.82) is 0 Å². The summed E-state index contributed by atoms with van der Waals surface area (Å²) in [6.07, 6.45) is 0. The first-order chi connectivity index (χ1) is 32.7. The first-order valence-electron chi connectivity index (χ1n) is 23.8. The first kappa shape index (κ1) is 57.8. The SMILES string of the molecule is Cc1cc(C)c(Nc2ccc([C+](c3ccc(Nc4c(C)cc(C)c(S(=O)(=O)[O-])c4C)c(C(C)C)c3)c3ccc(NC(=O)c4cc(C(C)(C)C)c(O)c(C(C)(C)C)c4)cc3S(=O)(=O)[O-])cc2C(C)C)c(C)c1.[Na+]. The summed E-state index contributed by atoms with van der Waals surface area (Å²) in [4.78, 5) is 13.3. The van der Waals surface area contributed by atoms with Gasteiger partial charge in [-0.1, -0.05) is 93.0 Å². The van der Waals surface area contributed by atoms with Gasteiger partial charge in [0.2, 0.25) is 0 Å². The van der Waals surface area contributed by atoms with Crippen LogP contribution in [0.25, 0.3) is 0 Å². The van der Waals surface area contributed by atoms with E-state index in [4.69, 9.17) is 0 Å². The summed E-state index contributed by atoms with van der Waals surface area (Å²) >= 11 is 0. The number of rotatable bonds is 13. The molecule has 4 N–H and O–H groups in total. The fourth-order valence-corrected chi connectivity index (χ4v) is 11.3. The van der Waals surface area contributed by atoms with Crippen molar-refractivity contribution < 1.29 is 65.4 Å². The molecule has 0 saturated carbocycles. The van der Waals surface area contributed by atoms with E-state index in [0.29, 0.717) is 50.7 Å². The second-order valence-electron chi connectivity index (χ2n) is 21.6. The summed E-state index contributed by atoms with van der Waals surface area (Å²) in [5.74, 6) is -0.160. The number of hydrogen-bond acceptors (Lipinski definition) is 10. The van der Waals surface area contributed by atoms with Crippen LogP contribution in [-0.2, 0) is 31.1 Å². The molecule has 14 heteroatoms. The van der Waals surface area contributed by atoms with Gasteiger partial charge in [-0.05, 0) is 153 Å². The monoisotopic (exact) mass is 1020 g/mol. The molecule has 0 spiro atoms. The number of anilines is 5. The van der Waals surface area contributed by atoms with Gasteiger partial charge in [-0.25, -0.2) is 16.8 Å². The Kier molecular flexibility index (Phi) is 17.2. The summed E-state index contributed by atoms with van der Waals surface area (Å²) in [6.45, 7) is 31.0. The molecule has 11 nitrogen and oxygen atoms in total. The second-order valence-corrected chi connectivity index (χ2v) is 24.3. The van der Waals surface area contributed by atoms with Crippen LogP contribution < -0.4 is 45.5 Å². The van der Waals surface area contributed by atoms with Crippen molar-refractivity contribution in [2.24, 2.45) is 0 Å². The van der Waals surface area contributed by atoms with E-state index in [1.165, 1.54) is 6.07 Å². The molecule has 0 aliphatic heterocycles. The molecule has 0 atom stereocenters. The molecular formula is C58H68N3NaO8S2. The Labute approximate surface area is 450 Å². The number of hydrogen-bond donors (Lipinski definition) is 4. The Balaban J connectivity index is 0.00000963. The number of aryl methyl sites for hydroxylation is 5. The summed E-state index contributed by atoms with van der Waals surface area (Å²) in [6, 6.07) is 24.9. The van der Waals surface area contributed by atoms with Crippen molar-refractivity contribution in [2.75, 3.05) is 16.0 Å². The Morgan fingerprint density at radius 2 is 1.06 bits per heavy atom. The average Bonchev–Trinajstić information content (AvgIpc) is 3.22. The molecule has 0 unspecified atom stereocenters. The Morgan fingerprint density at radius 1 is 0.597 bits per heavy atom. The predicted molar refractivity (Wildman–Crippen MR) is 285 cm³/mol. The number of carbonyl (C=O) groups is 1. The standard InChI is InChI=1S/C58H69N3O8S2.Na/c1-31(2)44-26-39(17-21-48(44)60-52-34(6)23-33(5)24-35(52)7)51(40-18-22-49(45(27-40)32(3)4)61-53-36(8)25-37(9)55(38(53)10)71(67,68)69)43-20-19-42(30-50(43)70(64,65)66)59-56(63)41-28-46(57(11,12)13)54(62)47(29-41)58(14,15)16;/h17-32,60-61H,1-16H3,(H3-,59,62,63,64,65,66,67,68,69);/q;+1/p-1. The molecule has 376 valence electrons. The molecule has 1 amide bonds. The molecular weight excluding hydrogens is 954 g/mol. The van der Waals surface area contributed by atoms with Crippen molar-refractivity contribution >= 4 is 54.6 Å². The fraction of sp³-hybridized carbons (Fsp3) is 0.345. The summed E-state index contributed by atoms with van der Waals surface area (Å²) < 4.78 is 78.1. The molecule has 0 radical (unpaired) electrons. The van der Waals surface area contributed by atoms with Crippen molar-refractivity contribution in [3.05, 3.63) is 169 Å². The van der Waals surface area contributed by atoms with E-state index >= 15 is 0 Å². The van der Waals surface area contributed by atoms with Gasteiger partial charge in [-0.2, -0.15) is 0 Å². The average molecular weight is 1020 g/mol. The maximum absolute atomic E-state index is 14.1. The fourth-order valence-electron chi connectivity index (χ4n) is 9.61. The van der Waals surface area contributed by atoms with E-state index in [9.17, 15) is 35.8 Å². The van der Waals surface area contributed by atoms with Crippen molar-refractivity contribution in [2.45, 2.75) is 143 Å². The van der Waals surface area contributed by atoms with Crippen LogP contribution >= 0.6 is 0 Å². The number of phenolic OH excluding ortho intramolecular Hbond substituents is 1. The van der Waals surface area contributed by atoms with Crippen LogP contribution in [-0.4, -0.2) is 37.0 Å². The van der Waals surface area contributed by atoms with E-state index in [-0.39, 0.29) is 68.9 Å². The molecule has 0 aromatic heterocycles. The number of aromatic hydroxyl groups is 1. The molecule has 6 aromatic carbocycles. The van der Waals surface area contributed by atoms with E-state index in [0.717, 1.165) is 44.8 Å². The van der Waals surface area contributed by atoms with Gasteiger partial charge in [0.05, 0.1) is 44.6 Å². The quantitative estimate of drug-likeness (QED) is 0.0375. The molecule has 0 fully saturated rings. The smallest absolute Gasteiger partial charge is 0.744 e. The Hall–Kier alpha value is -5.12. The zero-order valence-electron chi connectivity index (χ0n) is 44.9. The van der Waals surface area contributed by atoms with Crippen LogP contribution in [0.4, 0.5) is 28.4 Å². The van der Waals surface area contributed by atoms with Gasteiger partial charge in [-0.15, -0.1) is 0 Å². The van der Waals surface area contributed by atoms with Crippen LogP contribution in [0.2, 0.25) is 0 Å². The third-order valence-corrected chi connectivity index (χ3v) is 15.0. The maximum atomic E-state index is 14.1. The van der Waals surface area contributed by atoms with Crippen LogP contribution in [0.1, 0.15) is 164 Å². The summed E-state index contributed by atoms with van der Waals surface area (Å²) in [7, 11) is -10.0. The van der Waals surface area contributed by atoms with Gasteiger partial charge in [0.25, 0.3) is 5.91 Å². The minimum atomic E-state index is -5.22. The number of phenols is 1. The zero-order chi connectivity index (χ0) is 53.0. The Bertz CT molecular complexity index is 3250. The topological polar surface area (TPSA) is 188 Å². The molecule has 72 heavy (non-hydrogen) atoms. The van der Waals surface area contributed by atoms with Crippen molar-refractivity contribution in [3.8, 4) is 5.75 Å². The van der Waals surface area contributed by atoms with Crippen LogP contribution in [0.15, 0.2) is 94.7 Å². The predicted octanol–water partition coefficient (Wildman–Crippen LogP) is 10.7. The van der Waals surface area contributed by atoms with E-state index < -0.39 is 41.9 Å². The zero-order valence-corrected chi connectivity index (χ0v) is 48.5. The third-order valence-electron chi connectivity index (χ3n) is 13.0. The van der Waals surface area contributed by atoms with E-state index in [1.54, 1.807) is 44.2 Å². The number of carbonyl (C=O) groups excluding carboxylic acids is 1. The molecule has 0 bridgehead atoms.